The average Bonchev–Trinajstić information content (AvgIpc) is 3.43. The van der Waals surface area contributed by atoms with Crippen molar-refractivity contribution in [3.05, 3.63) is 142 Å². The molecule has 2 aliphatic heterocycles. The Balaban J connectivity index is 1.53. The third-order valence-corrected chi connectivity index (χ3v) is 9.12. The van der Waals surface area contributed by atoms with Crippen LogP contribution in [0.2, 0.25) is 0 Å². The van der Waals surface area contributed by atoms with Crippen LogP contribution in [0, 0.1) is 0 Å². The molecule has 2 heterocycles. The Hall–Kier alpha value is -4.40. The number of hydrogen-bond donors (Lipinski definition) is 0. The zero-order chi connectivity index (χ0) is 28.7. The summed E-state index contributed by atoms with van der Waals surface area (Å²) in [6, 6.07) is 40.9. The van der Waals surface area contributed by atoms with Gasteiger partial charge in [-0.1, -0.05) is 101 Å². The van der Waals surface area contributed by atoms with Crippen LogP contribution in [-0.4, -0.2) is 23.3 Å². The summed E-state index contributed by atoms with van der Waals surface area (Å²) in [5.41, 5.74) is 5.47. The minimum Gasteiger partial charge on any atom is -0.461 e. The van der Waals surface area contributed by atoms with Gasteiger partial charge >= 0.3 is 5.97 Å². The van der Waals surface area contributed by atoms with Crippen molar-refractivity contribution in [3.63, 3.8) is 0 Å². The van der Waals surface area contributed by atoms with Crippen molar-refractivity contribution in [1.29, 1.82) is 0 Å². The number of nitrogens with zero attached hydrogens (tertiary/aromatic N) is 4. The van der Waals surface area contributed by atoms with E-state index >= 15 is 0 Å². The second-order valence-corrected chi connectivity index (χ2v) is 11.9. The molecule has 0 N–H and O–H groups in total. The molecule has 0 saturated carbocycles. The Labute approximate surface area is 256 Å². The predicted molar refractivity (Wildman–Crippen MR) is 175 cm³/mol. The number of hydrazone groups is 2. The van der Waals surface area contributed by atoms with Gasteiger partial charge in [0.25, 0.3) is 0 Å². The van der Waals surface area contributed by atoms with E-state index in [1.54, 1.807) is 6.92 Å². The summed E-state index contributed by atoms with van der Waals surface area (Å²) < 4.78 is 6.40. The molecule has 6 nitrogen and oxygen atoms in total. The van der Waals surface area contributed by atoms with Crippen LogP contribution < -0.4 is 10.0 Å². The number of para-hydroxylation sites is 1. The lowest BCUT2D eigenvalue weighted by Gasteiger charge is -2.47. The Bertz CT molecular complexity index is 1870. The van der Waals surface area contributed by atoms with Gasteiger partial charge in [-0.2, -0.15) is 10.2 Å². The molecule has 42 heavy (non-hydrogen) atoms. The largest absolute Gasteiger partial charge is 0.461 e. The summed E-state index contributed by atoms with van der Waals surface area (Å²) in [6.07, 6.45) is 0. The van der Waals surface area contributed by atoms with Crippen molar-refractivity contribution in [2.45, 2.75) is 11.9 Å². The first-order valence-electron chi connectivity index (χ1n) is 13.6. The van der Waals surface area contributed by atoms with Gasteiger partial charge in [-0.25, -0.2) is 14.8 Å². The number of esters is 1. The van der Waals surface area contributed by atoms with Gasteiger partial charge < -0.3 is 4.74 Å². The first-order chi connectivity index (χ1) is 20.6. The lowest BCUT2D eigenvalue weighted by atomic mass is 9.91. The molecule has 206 valence electrons. The number of rotatable bonds is 5. The number of fused-ring (bicyclic) bond motifs is 3. The van der Waals surface area contributed by atoms with Gasteiger partial charge in [0.1, 0.15) is 0 Å². The number of carbonyl (C=O) groups excluding carboxylic acids is 1. The van der Waals surface area contributed by atoms with Gasteiger partial charge in [0, 0.05) is 21.2 Å². The molecule has 7 rings (SSSR count). The molecule has 2 aliphatic rings. The Kier molecular flexibility index (Phi) is 6.80. The van der Waals surface area contributed by atoms with E-state index in [2.05, 4.69) is 64.5 Å². The van der Waals surface area contributed by atoms with Gasteiger partial charge in [-0.15, -0.1) is 0 Å². The first kappa shape index (κ1) is 26.5. The van der Waals surface area contributed by atoms with Crippen LogP contribution >= 0.6 is 27.7 Å². The second-order valence-electron chi connectivity index (χ2n) is 9.79. The number of anilines is 2. The van der Waals surface area contributed by atoms with Crippen molar-refractivity contribution >= 4 is 66.6 Å². The van der Waals surface area contributed by atoms with Crippen molar-refractivity contribution in [1.82, 2.24) is 0 Å². The first-order valence-corrected chi connectivity index (χ1v) is 15.2. The monoisotopic (exact) mass is 632 g/mol. The van der Waals surface area contributed by atoms with Crippen LogP contribution in [0.3, 0.4) is 0 Å². The lowest BCUT2D eigenvalue weighted by Crippen LogP contribution is -2.54. The Morgan fingerprint density at radius 1 is 0.762 bits per heavy atom. The second kappa shape index (κ2) is 10.8. The van der Waals surface area contributed by atoms with Crippen molar-refractivity contribution < 1.29 is 9.53 Å². The quantitative estimate of drug-likeness (QED) is 0.183. The van der Waals surface area contributed by atoms with E-state index in [1.807, 2.05) is 82.8 Å². The number of hydrogen-bond acceptors (Lipinski definition) is 7. The van der Waals surface area contributed by atoms with Crippen molar-refractivity contribution in [2.75, 3.05) is 16.6 Å². The van der Waals surface area contributed by atoms with Crippen molar-refractivity contribution in [3.8, 4) is 0 Å². The Morgan fingerprint density at radius 3 is 2.21 bits per heavy atom. The van der Waals surface area contributed by atoms with E-state index in [0.29, 0.717) is 0 Å². The van der Waals surface area contributed by atoms with Gasteiger partial charge in [-0.3, -0.25) is 0 Å². The maximum atomic E-state index is 13.2. The highest BCUT2D eigenvalue weighted by atomic mass is 79.9. The van der Waals surface area contributed by atoms with E-state index in [4.69, 9.17) is 14.9 Å². The molecule has 0 radical (unpaired) electrons. The molecular weight excluding hydrogens is 608 g/mol. The molecule has 1 atom stereocenters. The molecule has 5 aromatic rings. The summed E-state index contributed by atoms with van der Waals surface area (Å²) in [4.78, 5) is 12.2. The number of thioether (sulfide) groups is 1. The minimum atomic E-state index is -1.05. The van der Waals surface area contributed by atoms with Gasteiger partial charge in [-0.05, 0) is 65.9 Å². The molecular formula is C34H25BrN4O2S. The molecule has 8 heteroatoms. The van der Waals surface area contributed by atoms with E-state index in [0.717, 1.165) is 49.0 Å². The third kappa shape index (κ3) is 4.30. The van der Waals surface area contributed by atoms with Crippen LogP contribution in [0.15, 0.2) is 136 Å². The van der Waals surface area contributed by atoms with E-state index in [9.17, 15) is 4.79 Å². The van der Waals surface area contributed by atoms with Crippen LogP contribution in [0.5, 0.6) is 0 Å². The standard InChI is InChI=1S/C34H25BrN4O2S/c1-2-41-33(40)32-37-39(26-21-19-24(35)20-22-26)34(42-32)30-18-9-8-16-29(30)31(36-38(34)25-13-4-3-5-14-25)28-17-10-12-23-11-6-7-15-27(23)28/h3-22H,2H2,1H3/t34-/m0/s1. The zero-order valence-corrected chi connectivity index (χ0v) is 25.0. The van der Waals surface area contributed by atoms with E-state index in [1.165, 1.54) is 11.8 Å². The van der Waals surface area contributed by atoms with Crippen LogP contribution in [0.4, 0.5) is 11.4 Å². The zero-order valence-electron chi connectivity index (χ0n) is 22.6. The molecule has 1 spiro atoms. The van der Waals surface area contributed by atoms with Crippen molar-refractivity contribution in [2.24, 2.45) is 10.2 Å². The maximum absolute atomic E-state index is 13.2. The topological polar surface area (TPSA) is 57.5 Å². The molecule has 0 aromatic heterocycles. The third-order valence-electron chi connectivity index (χ3n) is 7.30. The minimum absolute atomic E-state index is 0.256. The van der Waals surface area contributed by atoms with Gasteiger partial charge in [0.2, 0.25) is 10.0 Å². The Morgan fingerprint density at radius 2 is 1.40 bits per heavy atom. The molecule has 0 saturated heterocycles. The highest BCUT2D eigenvalue weighted by molar-refractivity contribution is 9.10. The van der Waals surface area contributed by atoms with Crippen LogP contribution in [0.25, 0.3) is 10.8 Å². The summed E-state index contributed by atoms with van der Waals surface area (Å²) in [5.74, 6) is -0.462. The summed E-state index contributed by atoms with van der Waals surface area (Å²) in [6.45, 7) is 2.05. The summed E-state index contributed by atoms with van der Waals surface area (Å²) >= 11 is 4.90. The fourth-order valence-corrected chi connectivity index (χ4v) is 7.04. The highest BCUT2D eigenvalue weighted by Crippen LogP contribution is 2.55. The highest BCUT2D eigenvalue weighted by Gasteiger charge is 2.56. The molecule has 5 aromatic carbocycles. The number of benzene rings is 5. The smallest absolute Gasteiger partial charge is 0.365 e. The fraction of sp³-hybridized carbons (Fsp3) is 0.0882. The van der Waals surface area contributed by atoms with E-state index in [-0.39, 0.29) is 11.7 Å². The summed E-state index contributed by atoms with van der Waals surface area (Å²) in [5, 5.41) is 16.8. The average molecular weight is 634 g/mol. The number of carbonyl (C=O) groups is 1. The normalized spacial score (nSPS) is 17.7. The molecule has 0 bridgehead atoms. The SMILES string of the molecule is CCOC(=O)C1=NN(c2ccc(Br)cc2)[C@]2(S1)c1ccccc1C(c1cccc3ccccc13)=NN2c1ccccc1. The maximum Gasteiger partial charge on any atom is 0.365 e. The van der Waals surface area contributed by atoms with Crippen LogP contribution in [0.1, 0.15) is 23.6 Å². The fourth-order valence-electron chi connectivity index (χ4n) is 5.49. The van der Waals surface area contributed by atoms with Gasteiger partial charge in [0.05, 0.1) is 23.7 Å². The number of halogens is 1. The summed E-state index contributed by atoms with van der Waals surface area (Å²) in [7, 11) is 0. The lowest BCUT2D eigenvalue weighted by molar-refractivity contribution is -0.134. The number of ether oxygens (including phenoxy) is 1. The molecule has 0 unspecified atom stereocenters. The molecule has 0 aliphatic carbocycles. The molecule has 0 fully saturated rings. The van der Waals surface area contributed by atoms with Gasteiger partial charge in [0.15, 0.2) is 0 Å². The van der Waals surface area contributed by atoms with E-state index < -0.39 is 11.0 Å². The predicted octanol–water partition coefficient (Wildman–Crippen LogP) is 8.12. The van der Waals surface area contributed by atoms with Crippen LogP contribution in [-0.2, 0) is 14.5 Å². The molecule has 0 amide bonds.